The van der Waals surface area contributed by atoms with Crippen LogP contribution in [-0.2, 0) is 9.53 Å². The van der Waals surface area contributed by atoms with E-state index in [9.17, 15) is 14.0 Å². The number of ether oxygens (including phenoxy) is 2. The van der Waals surface area contributed by atoms with Gasteiger partial charge in [-0.3, -0.25) is 4.79 Å². The van der Waals surface area contributed by atoms with Crippen LogP contribution in [0.15, 0.2) is 46.9 Å². The van der Waals surface area contributed by atoms with Gasteiger partial charge in [0.25, 0.3) is 5.91 Å². The molecule has 0 radical (unpaired) electrons. The van der Waals surface area contributed by atoms with Gasteiger partial charge < -0.3 is 14.8 Å². The van der Waals surface area contributed by atoms with Crippen LogP contribution < -0.4 is 10.1 Å². The molecule has 0 fully saturated rings. The van der Waals surface area contributed by atoms with Gasteiger partial charge in [-0.1, -0.05) is 22.0 Å². The lowest BCUT2D eigenvalue weighted by atomic mass is 10.2. The summed E-state index contributed by atoms with van der Waals surface area (Å²) >= 11 is 3.29. The monoisotopic (exact) mass is 395 g/mol. The van der Waals surface area contributed by atoms with Gasteiger partial charge in [-0.25, -0.2) is 9.18 Å². The van der Waals surface area contributed by atoms with E-state index >= 15 is 0 Å². The minimum Gasteiger partial charge on any atom is -0.497 e. The predicted molar refractivity (Wildman–Crippen MR) is 90.6 cm³/mol. The Bertz CT molecular complexity index is 766. The zero-order valence-electron chi connectivity index (χ0n) is 13.0. The molecule has 0 saturated carbocycles. The Morgan fingerprint density at radius 1 is 1.21 bits per heavy atom. The van der Waals surface area contributed by atoms with Gasteiger partial charge in [0.1, 0.15) is 11.6 Å². The van der Waals surface area contributed by atoms with Gasteiger partial charge in [0.15, 0.2) is 6.10 Å². The molecule has 5 nitrogen and oxygen atoms in total. The van der Waals surface area contributed by atoms with Crippen molar-refractivity contribution in [1.82, 2.24) is 0 Å². The zero-order chi connectivity index (χ0) is 17.7. The van der Waals surface area contributed by atoms with Crippen LogP contribution in [0, 0.1) is 5.82 Å². The molecular weight excluding hydrogens is 381 g/mol. The van der Waals surface area contributed by atoms with Crippen LogP contribution in [0.3, 0.4) is 0 Å². The van der Waals surface area contributed by atoms with E-state index in [4.69, 9.17) is 9.47 Å². The van der Waals surface area contributed by atoms with Gasteiger partial charge in [0.05, 0.1) is 12.7 Å². The van der Waals surface area contributed by atoms with Crippen LogP contribution in [0.25, 0.3) is 0 Å². The first-order valence-electron chi connectivity index (χ1n) is 7.01. The summed E-state index contributed by atoms with van der Waals surface area (Å²) < 4.78 is 24.5. The Labute approximate surface area is 146 Å². The maximum absolute atomic E-state index is 13.8. The first kappa shape index (κ1) is 17.9. The molecule has 7 heteroatoms. The van der Waals surface area contributed by atoms with Crippen molar-refractivity contribution in [2.24, 2.45) is 0 Å². The van der Waals surface area contributed by atoms with Crippen molar-refractivity contribution in [2.75, 3.05) is 12.4 Å². The van der Waals surface area contributed by atoms with Crippen molar-refractivity contribution in [2.45, 2.75) is 13.0 Å². The summed E-state index contributed by atoms with van der Waals surface area (Å²) in [4.78, 5) is 24.1. The van der Waals surface area contributed by atoms with E-state index in [1.165, 1.54) is 26.2 Å². The number of nitrogens with one attached hydrogen (secondary N) is 1. The molecule has 0 heterocycles. The van der Waals surface area contributed by atoms with Gasteiger partial charge in [-0.15, -0.1) is 0 Å². The number of methoxy groups -OCH3 is 1. The van der Waals surface area contributed by atoms with E-state index in [1.54, 1.807) is 18.2 Å². The lowest BCUT2D eigenvalue weighted by Gasteiger charge is -2.14. The number of esters is 1. The summed E-state index contributed by atoms with van der Waals surface area (Å²) in [6.07, 6.45) is -1.09. The number of amides is 1. The summed E-state index contributed by atoms with van der Waals surface area (Å²) in [5.41, 5.74) is 0.283. The van der Waals surface area contributed by atoms with Gasteiger partial charge in [-0.05, 0) is 37.3 Å². The van der Waals surface area contributed by atoms with E-state index in [0.717, 1.165) is 10.5 Å². The molecule has 1 atom stereocenters. The highest BCUT2D eigenvalue weighted by Crippen LogP contribution is 2.18. The standard InChI is InChI=1S/C17H15BrFNO4/c1-10(16(21)20-12-5-3-4-11(18)8-12)24-17(22)14-7-6-13(23-2)9-15(14)19/h3-10H,1-2H3,(H,20,21)/t10-/m1/s1. The van der Waals surface area contributed by atoms with E-state index in [2.05, 4.69) is 21.2 Å². The van der Waals surface area contributed by atoms with E-state index in [-0.39, 0.29) is 11.3 Å². The Kier molecular flexibility index (Phi) is 5.92. The average Bonchev–Trinajstić information content (AvgIpc) is 2.54. The van der Waals surface area contributed by atoms with Crippen molar-refractivity contribution < 1.29 is 23.5 Å². The molecule has 2 aromatic carbocycles. The maximum atomic E-state index is 13.8. The SMILES string of the molecule is COc1ccc(C(=O)O[C@H](C)C(=O)Nc2cccc(Br)c2)c(F)c1. The highest BCUT2D eigenvalue weighted by atomic mass is 79.9. The number of rotatable bonds is 5. The third kappa shape index (κ3) is 4.55. The number of benzene rings is 2. The minimum absolute atomic E-state index is 0.266. The number of hydrogen-bond acceptors (Lipinski definition) is 4. The van der Waals surface area contributed by atoms with E-state index < -0.39 is 23.8 Å². The van der Waals surface area contributed by atoms with E-state index in [1.807, 2.05) is 6.07 Å². The second-order valence-electron chi connectivity index (χ2n) is 4.89. The predicted octanol–water partition coefficient (Wildman–Crippen LogP) is 3.78. The van der Waals surface area contributed by atoms with Crippen LogP contribution in [0.5, 0.6) is 5.75 Å². The van der Waals surface area contributed by atoms with Crippen molar-refractivity contribution in [3.8, 4) is 5.75 Å². The van der Waals surface area contributed by atoms with Gasteiger partial charge >= 0.3 is 5.97 Å². The van der Waals surface area contributed by atoms with Crippen molar-refractivity contribution in [1.29, 1.82) is 0 Å². The molecule has 1 amide bonds. The molecule has 24 heavy (non-hydrogen) atoms. The number of carbonyl (C=O) groups is 2. The minimum atomic E-state index is -1.09. The summed E-state index contributed by atoms with van der Waals surface area (Å²) in [5, 5.41) is 2.61. The molecule has 0 saturated heterocycles. The van der Waals surface area contributed by atoms with Crippen LogP contribution in [0.2, 0.25) is 0 Å². The Balaban J connectivity index is 2.01. The van der Waals surface area contributed by atoms with Crippen LogP contribution in [0.4, 0.5) is 10.1 Å². The summed E-state index contributed by atoms with van der Waals surface area (Å²) in [6, 6.07) is 10.7. The lowest BCUT2D eigenvalue weighted by Crippen LogP contribution is -2.30. The molecule has 2 rings (SSSR count). The Hall–Kier alpha value is -2.41. The first-order chi connectivity index (χ1) is 11.4. The molecule has 0 aliphatic rings. The average molecular weight is 396 g/mol. The fraction of sp³-hybridized carbons (Fsp3) is 0.176. The number of hydrogen-bond donors (Lipinski definition) is 1. The number of carbonyl (C=O) groups excluding carboxylic acids is 2. The highest BCUT2D eigenvalue weighted by molar-refractivity contribution is 9.10. The fourth-order valence-electron chi connectivity index (χ4n) is 1.88. The quantitative estimate of drug-likeness (QED) is 0.782. The fourth-order valence-corrected chi connectivity index (χ4v) is 2.28. The van der Waals surface area contributed by atoms with Gasteiger partial charge in [-0.2, -0.15) is 0 Å². The summed E-state index contributed by atoms with van der Waals surface area (Å²) in [7, 11) is 1.39. The van der Waals surface area contributed by atoms with Crippen LogP contribution >= 0.6 is 15.9 Å². The van der Waals surface area contributed by atoms with E-state index in [0.29, 0.717) is 5.69 Å². The largest absolute Gasteiger partial charge is 0.497 e. The molecule has 0 aliphatic heterocycles. The van der Waals surface area contributed by atoms with Crippen molar-refractivity contribution >= 4 is 33.5 Å². The summed E-state index contributed by atoms with van der Waals surface area (Å²) in [6.45, 7) is 1.41. The topological polar surface area (TPSA) is 64.6 Å². The molecular formula is C17H15BrFNO4. The lowest BCUT2D eigenvalue weighted by molar-refractivity contribution is -0.123. The number of anilines is 1. The zero-order valence-corrected chi connectivity index (χ0v) is 14.6. The molecule has 126 valence electrons. The maximum Gasteiger partial charge on any atom is 0.341 e. The van der Waals surface area contributed by atoms with Crippen LogP contribution in [0.1, 0.15) is 17.3 Å². The second kappa shape index (κ2) is 7.92. The third-order valence-electron chi connectivity index (χ3n) is 3.14. The molecule has 0 aromatic heterocycles. The highest BCUT2D eigenvalue weighted by Gasteiger charge is 2.21. The Morgan fingerprint density at radius 3 is 2.58 bits per heavy atom. The molecule has 2 aromatic rings. The number of halogens is 2. The van der Waals surface area contributed by atoms with Crippen molar-refractivity contribution in [3.63, 3.8) is 0 Å². The van der Waals surface area contributed by atoms with Gasteiger partial charge in [0, 0.05) is 16.2 Å². The summed E-state index contributed by atoms with van der Waals surface area (Å²) in [5.74, 6) is -1.94. The third-order valence-corrected chi connectivity index (χ3v) is 3.63. The second-order valence-corrected chi connectivity index (χ2v) is 5.81. The normalized spacial score (nSPS) is 11.5. The molecule has 1 N–H and O–H groups in total. The van der Waals surface area contributed by atoms with Crippen molar-refractivity contribution in [3.05, 3.63) is 58.3 Å². The molecule has 0 bridgehead atoms. The molecule has 0 spiro atoms. The van der Waals surface area contributed by atoms with Gasteiger partial charge in [0.2, 0.25) is 0 Å². The van der Waals surface area contributed by atoms with Crippen LogP contribution in [-0.4, -0.2) is 25.1 Å². The Morgan fingerprint density at radius 2 is 1.96 bits per heavy atom. The molecule has 0 aliphatic carbocycles. The first-order valence-corrected chi connectivity index (χ1v) is 7.81. The smallest absolute Gasteiger partial charge is 0.341 e. The molecule has 0 unspecified atom stereocenters.